The number of nitrogens with one attached hydrogen (secondary N) is 1. The van der Waals surface area contributed by atoms with Crippen LogP contribution in [-0.2, 0) is 0 Å². The van der Waals surface area contributed by atoms with Gasteiger partial charge in [0.2, 0.25) is 0 Å². The van der Waals surface area contributed by atoms with Crippen LogP contribution < -0.4 is 5.32 Å². The number of hydrogen-bond donors (Lipinski definition) is 1. The van der Waals surface area contributed by atoms with E-state index in [1.165, 1.54) is 4.88 Å². The Balaban J connectivity index is 1.56. The maximum atomic E-state index is 13.4. The Kier molecular flexibility index (Phi) is 4.82. The maximum absolute atomic E-state index is 13.4. The average Bonchev–Trinajstić information content (AvgIpc) is 3.46. The Morgan fingerprint density at radius 1 is 1.12 bits per heavy atom. The molecule has 9 heteroatoms. The van der Waals surface area contributed by atoms with Crippen LogP contribution in [0.5, 0.6) is 0 Å². The first-order valence-corrected chi connectivity index (χ1v) is 10.8. The summed E-state index contributed by atoms with van der Waals surface area (Å²) in [6, 6.07) is 11.4. The van der Waals surface area contributed by atoms with E-state index >= 15 is 0 Å². The van der Waals surface area contributed by atoms with Gasteiger partial charge in [-0.2, -0.15) is 0 Å². The number of aryl methyl sites for hydroxylation is 4. The second-order valence-electron chi connectivity index (χ2n) is 7.58. The predicted octanol–water partition coefficient (Wildman–Crippen LogP) is 5.02. The summed E-state index contributed by atoms with van der Waals surface area (Å²) in [5.41, 5.74) is 4.63. The van der Waals surface area contributed by atoms with Crippen molar-refractivity contribution >= 4 is 34.0 Å². The molecule has 1 aromatic carbocycles. The highest BCUT2D eigenvalue weighted by molar-refractivity contribution is 7.12. The van der Waals surface area contributed by atoms with Crippen LogP contribution >= 0.6 is 11.3 Å². The van der Waals surface area contributed by atoms with Crippen LogP contribution in [0.4, 0.5) is 5.69 Å². The lowest BCUT2D eigenvalue weighted by Crippen LogP contribution is -2.13. The molecule has 4 aromatic heterocycles. The van der Waals surface area contributed by atoms with Crippen LogP contribution in [0.3, 0.4) is 0 Å². The van der Waals surface area contributed by atoms with Crippen molar-refractivity contribution < 1.29 is 9.32 Å². The molecule has 5 aromatic rings. The molecule has 0 aliphatic rings. The molecule has 0 atom stereocenters. The minimum Gasteiger partial charge on any atom is -0.335 e. The number of hydrogen-bond acceptors (Lipinski definition) is 7. The van der Waals surface area contributed by atoms with E-state index < -0.39 is 0 Å². The standard InChI is InChI=1S/C23H20N6O2S/c1-12-8-18(14(3)32-12)20-10-19(21-13(2)28-31-23(21)26-20)22(30)25-16-6-5-7-17(9-16)29-11-24-27-15(29)4/h5-11H,1-4H3,(H,25,30). The van der Waals surface area contributed by atoms with Gasteiger partial charge in [0.15, 0.2) is 0 Å². The van der Waals surface area contributed by atoms with Crippen LogP contribution in [0.25, 0.3) is 28.0 Å². The molecule has 0 bridgehead atoms. The Labute approximate surface area is 187 Å². The average molecular weight is 445 g/mol. The number of benzene rings is 1. The lowest BCUT2D eigenvalue weighted by atomic mass is 10.1. The van der Waals surface area contributed by atoms with Crippen molar-refractivity contribution in [2.24, 2.45) is 0 Å². The molecular weight excluding hydrogens is 424 g/mol. The third-order valence-corrected chi connectivity index (χ3v) is 6.24. The number of anilines is 1. The molecule has 5 rings (SSSR count). The van der Waals surface area contributed by atoms with Crippen molar-refractivity contribution in [3.63, 3.8) is 0 Å². The first-order chi connectivity index (χ1) is 15.4. The Morgan fingerprint density at radius 3 is 2.69 bits per heavy atom. The van der Waals surface area contributed by atoms with Crippen LogP contribution in [0.2, 0.25) is 0 Å². The third kappa shape index (κ3) is 3.46. The van der Waals surface area contributed by atoms with E-state index in [0.29, 0.717) is 33.7 Å². The Bertz CT molecular complexity index is 1480. The van der Waals surface area contributed by atoms with Crippen LogP contribution in [-0.4, -0.2) is 30.8 Å². The molecule has 0 aliphatic carbocycles. The van der Waals surface area contributed by atoms with Gasteiger partial charge in [-0.3, -0.25) is 9.36 Å². The lowest BCUT2D eigenvalue weighted by Gasteiger charge is -2.10. The molecule has 1 amide bonds. The zero-order valence-corrected chi connectivity index (χ0v) is 18.8. The molecule has 0 saturated heterocycles. The van der Waals surface area contributed by atoms with Gasteiger partial charge in [0, 0.05) is 21.0 Å². The molecule has 1 N–H and O–H groups in total. The van der Waals surface area contributed by atoms with Gasteiger partial charge in [0.1, 0.15) is 12.2 Å². The lowest BCUT2D eigenvalue weighted by molar-refractivity contribution is 0.102. The molecule has 0 aliphatic heterocycles. The molecule has 160 valence electrons. The Hall–Kier alpha value is -3.85. The zero-order valence-electron chi connectivity index (χ0n) is 18.0. The second-order valence-corrected chi connectivity index (χ2v) is 9.04. The quantitative estimate of drug-likeness (QED) is 0.418. The first-order valence-electron chi connectivity index (χ1n) is 10.0. The summed E-state index contributed by atoms with van der Waals surface area (Å²) in [5, 5.41) is 15.6. The number of carbonyl (C=O) groups is 1. The number of rotatable bonds is 4. The van der Waals surface area contributed by atoms with E-state index in [9.17, 15) is 4.79 Å². The summed E-state index contributed by atoms with van der Waals surface area (Å²) in [6.45, 7) is 7.77. The number of amides is 1. The van der Waals surface area contributed by atoms with Crippen molar-refractivity contribution in [3.05, 3.63) is 69.6 Å². The maximum Gasteiger partial charge on any atom is 0.259 e. The highest BCUT2D eigenvalue weighted by atomic mass is 32.1. The highest BCUT2D eigenvalue weighted by Crippen LogP contribution is 2.33. The number of carbonyl (C=O) groups excluding carboxylic acids is 1. The van der Waals surface area contributed by atoms with E-state index in [2.05, 4.69) is 38.6 Å². The number of aromatic nitrogens is 5. The van der Waals surface area contributed by atoms with Gasteiger partial charge in [-0.05, 0) is 58.0 Å². The van der Waals surface area contributed by atoms with Gasteiger partial charge in [0.25, 0.3) is 11.6 Å². The molecule has 4 heterocycles. The van der Waals surface area contributed by atoms with Gasteiger partial charge < -0.3 is 9.84 Å². The molecule has 32 heavy (non-hydrogen) atoms. The summed E-state index contributed by atoms with van der Waals surface area (Å²) >= 11 is 1.69. The fourth-order valence-corrected chi connectivity index (χ4v) is 4.71. The monoisotopic (exact) mass is 444 g/mol. The van der Waals surface area contributed by atoms with Crippen molar-refractivity contribution in [2.75, 3.05) is 5.32 Å². The SMILES string of the molecule is Cc1cc(-c2cc(C(=O)Nc3cccc(-n4cnnc4C)c3)c3c(C)noc3n2)c(C)s1. The van der Waals surface area contributed by atoms with E-state index in [1.54, 1.807) is 24.6 Å². The molecule has 0 radical (unpaired) electrons. The summed E-state index contributed by atoms with van der Waals surface area (Å²) in [4.78, 5) is 20.3. The summed E-state index contributed by atoms with van der Waals surface area (Å²) in [7, 11) is 0. The van der Waals surface area contributed by atoms with E-state index in [1.807, 2.05) is 48.7 Å². The fourth-order valence-electron chi connectivity index (χ4n) is 3.78. The summed E-state index contributed by atoms with van der Waals surface area (Å²) in [6.07, 6.45) is 1.64. The fraction of sp³-hybridized carbons (Fsp3) is 0.174. The minimum atomic E-state index is -0.257. The zero-order chi connectivity index (χ0) is 22.4. The minimum absolute atomic E-state index is 0.257. The number of nitrogens with zero attached hydrogens (tertiary/aromatic N) is 5. The third-order valence-electron chi connectivity index (χ3n) is 5.28. The van der Waals surface area contributed by atoms with Crippen molar-refractivity contribution in [1.29, 1.82) is 0 Å². The molecule has 0 saturated carbocycles. The van der Waals surface area contributed by atoms with Crippen LogP contribution in [0, 0.1) is 27.7 Å². The van der Waals surface area contributed by atoms with E-state index in [4.69, 9.17) is 4.52 Å². The van der Waals surface area contributed by atoms with Crippen molar-refractivity contribution in [1.82, 2.24) is 24.9 Å². The Morgan fingerprint density at radius 2 is 1.97 bits per heavy atom. The van der Waals surface area contributed by atoms with Gasteiger partial charge in [0.05, 0.1) is 28.0 Å². The van der Waals surface area contributed by atoms with E-state index in [0.717, 1.165) is 22.0 Å². The van der Waals surface area contributed by atoms with Gasteiger partial charge in [-0.1, -0.05) is 11.2 Å². The molecular formula is C23H20N6O2S. The van der Waals surface area contributed by atoms with Crippen LogP contribution in [0.15, 0.2) is 47.2 Å². The normalized spacial score (nSPS) is 11.2. The van der Waals surface area contributed by atoms with Crippen molar-refractivity contribution in [3.8, 4) is 16.9 Å². The summed E-state index contributed by atoms with van der Waals surface area (Å²) < 4.78 is 7.28. The van der Waals surface area contributed by atoms with Gasteiger partial charge in [-0.25, -0.2) is 4.98 Å². The highest BCUT2D eigenvalue weighted by Gasteiger charge is 2.21. The van der Waals surface area contributed by atoms with Crippen LogP contribution in [0.1, 0.15) is 31.6 Å². The first kappa shape index (κ1) is 20.1. The number of pyridine rings is 1. The molecule has 0 fully saturated rings. The number of thiophene rings is 1. The smallest absolute Gasteiger partial charge is 0.259 e. The van der Waals surface area contributed by atoms with Gasteiger partial charge >= 0.3 is 0 Å². The van der Waals surface area contributed by atoms with Gasteiger partial charge in [-0.15, -0.1) is 21.5 Å². The predicted molar refractivity (Wildman–Crippen MR) is 123 cm³/mol. The van der Waals surface area contributed by atoms with Crippen molar-refractivity contribution in [2.45, 2.75) is 27.7 Å². The summed E-state index contributed by atoms with van der Waals surface area (Å²) in [5.74, 6) is 0.502. The molecule has 8 nitrogen and oxygen atoms in total. The number of fused-ring (bicyclic) bond motifs is 1. The van der Waals surface area contributed by atoms with E-state index in [-0.39, 0.29) is 5.91 Å². The molecule has 0 unspecified atom stereocenters. The largest absolute Gasteiger partial charge is 0.335 e. The topological polar surface area (TPSA) is 98.7 Å². The second kappa shape index (κ2) is 7.69. The molecule has 0 spiro atoms.